The van der Waals surface area contributed by atoms with Crippen LogP contribution in [0.2, 0.25) is 0 Å². The van der Waals surface area contributed by atoms with Crippen LogP contribution in [0, 0.1) is 12.7 Å². The van der Waals surface area contributed by atoms with Crippen molar-refractivity contribution in [2.45, 2.75) is 52.7 Å². The summed E-state index contributed by atoms with van der Waals surface area (Å²) in [4.78, 5) is 29.2. The van der Waals surface area contributed by atoms with Gasteiger partial charge in [0.25, 0.3) is 11.8 Å². The fourth-order valence-electron chi connectivity index (χ4n) is 6.44. The van der Waals surface area contributed by atoms with Gasteiger partial charge < -0.3 is 19.3 Å². The third-order valence-electron chi connectivity index (χ3n) is 9.16. The topological polar surface area (TPSA) is 94.7 Å². The molecule has 6 aromatic rings. The maximum atomic E-state index is 14.1. The number of hydrogen-bond donors (Lipinski definition) is 0. The Morgan fingerprint density at radius 2 is 1.26 bits per heavy atom. The van der Waals surface area contributed by atoms with Crippen LogP contribution >= 0.6 is 0 Å². The van der Waals surface area contributed by atoms with E-state index in [9.17, 15) is 14.0 Å². The molecule has 4 heterocycles. The number of amides is 2. The molecule has 1 atom stereocenters. The zero-order valence-corrected chi connectivity index (χ0v) is 29.8. The van der Waals surface area contributed by atoms with Crippen LogP contribution in [0.15, 0.2) is 121 Å². The molecule has 10 nitrogen and oxygen atoms in total. The number of carbonyl (C=O) groups excluding carboxylic acids is 2. The molecule has 0 aliphatic carbocycles. The summed E-state index contributed by atoms with van der Waals surface area (Å²) >= 11 is 0. The first-order chi connectivity index (χ1) is 25.8. The van der Waals surface area contributed by atoms with Crippen LogP contribution in [0.5, 0.6) is 11.5 Å². The summed E-state index contributed by atoms with van der Waals surface area (Å²) in [6.07, 6.45) is 0. The number of fused-ring (bicyclic) bond motifs is 2. The zero-order chi connectivity index (χ0) is 36.7. The first-order valence-corrected chi connectivity index (χ1v) is 17.7. The number of aromatic nitrogens is 4. The van der Waals surface area contributed by atoms with Gasteiger partial charge in [-0.05, 0) is 67.4 Å². The molecular formula is C42H41FN6O4. The minimum Gasteiger partial charge on any atom is -0.487 e. The molecule has 1 unspecified atom stereocenters. The van der Waals surface area contributed by atoms with Gasteiger partial charge in [-0.1, -0.05) is 78.9 Å². The number of aryl methyl sites for hydroxylation is 1. The van der Waals surface area contributed by atoms with Crippen molar-refractivity contribution >= 4 is 11.8 Å². The van der Waals surface area contributed by atoms with E-state index < -0.39 is 0 Å². The molecule has 2 aliphatic heterocycles. The summed E-state index contributed by atoms with van der Waals surface area (Å²) in [5.74, 6) is 1.15. The van der Waals surface area contributed by atoms with E-state index in [1.54, 1.807) is 21.7 Å². The molecule has 4 aromatic carbocycles. The Balaban J connectivity index is 0.000000164. The highest BCUT2D eigenvalue weighted by atomic mass is 19.1. The molecule has 0 spiro atoms. The molecule has 2 aliphatic rings. The third-order valence-corrected chi connectivity index (χ3v) is 9.16. The number of benzene rings is 4. The van der Waals surface area contributed by atoms with Crippen LogP contribution in [0.4, 0.5) is 4.39 Å². The summed E-state index contributed by atoms with van der Waals surface area (Å²) in [6, 6.07) is 38.0. The van der Waals surface area contributed by atoms with Crippen LogP contribution in [0.25, 0.3) is 0 Å². The maximum Gasteiger partial charge on any atom is 0.272 e. The molecule has 2 amide bonds. The van der Waals surface area contributed by atoms with Gasteiger partial charge >= 0.3 is 0 Å². The Morgan fingerprint density at radius 1 is 0.679 bits per heavy atom. The Kier molecular flexibility index (Phi) is 10.6. The van der Waals surface area contributed by atoms with Gasteiger partial charge in [-0.3, -0.25) is 19.0 Å². The van der Waals surface area contributed by atoms with Crippen LogP contribution in [0.3, 0.4) is 0 Å². The quantitative estimate of drug-likeness (QED) is 0.149. The van der Waals surface area contributed by atoms with Gasteiger partial charge in [0, 0.05) is 31.7 Å². The molecule has 0 bridgehead atoms. The van der Waals surface area contributed by atoms with E-state index in [0.29, 0.717) is 62.0 Å². The van der Waals surface area contributed by atoms with Crippen molar-refractivity contribution in [1.29, 1.82) is 0 Å². The molecule has 11 heteroatoms. The van der Waals surface area contributed by atoms with Crippen molar-refractivity contribution in [2.24, 2.45) is 0 Å². The number of ether oxygens (including phenoxy) is 2. The molecule has 2 aromatic heterocycles. The van der Waals surface area contributed by atoms with Crippen LogP contribution < -0.4 is 9.47 Å². The molecular weight excluding hydrogens is 671 g/mol. The number of para-hydroxylation sites is 2. The lowest BCUT2D eigenvalue weighted by atomic mass is 10.1. The van der Waals surface area contributed by atoms with Crippen LogP contribution in [-0.2, 0) is 32.8 Å². The van der Waals surface area contributed by atoms with Crippen molar-refractivity contribution < 1.29 is 23.5 Å². The Morgan fingerprint density at radius 3 is 1.91 bits per heavy atom. The Hall–Kier alpha value is -6.23. The van der Waals surface area contributed by atoms with Crippen LogP contribution in [0.1, 0.15) is 62.0 Å². The number of halogens is 1. The first-order valence-electron chi connectivity index (χ1n) is 17.7. The standard InChI is InChI=1S/C21H20FN3O2.C21H21N3O2/c1-15-7-8-16(19(22)11-15)13-24-9-10-25-20(21(24)26)12-17(23-25)14-27-18-5-3-2-4-6-18;1-16-13-23(14-17-8-4-2-5-9-17)21(25)20-12-18(22-24(16)20)15-26-19-10-6-3-7-11-19/h2-8,11-12H,9-10,13-14H2,1H3;2-12,16H,13-15H2,1H3. The molecule has 0 N–H and O–H groups in total. The molecule has 8 rings (SSSR count). The summed E-state index contributed by atoms with van der Waals surface area (Å²) in [5, 5.41) is 9.04. The van der Waals surface area contributed by atoms with Crippen molar-refractivity contribution in [3.05, 3.63) is 167 Å². The third kappa shape index (κ3) is 8.47. The van der Waals surface area contributed by atoms with Crippen molar-refractivity contribution in [1.82, 2.24) is 29.4 Å². The fraction of sp³-hybridized carbons (Fsp3) is 0.238. The summed E-state index contributed by atoms with van der Waals surface area (Å²) in [7, 11) is 0. The number of carbonyl (C=O) groups is 2. The molecule has 0 fully saturated rings. The number of rotatable bonds is 10. The molecule has 0 radical (unpaired) electrons. The Bertz CT molecular complexity index is 2170. The van der Waals surface area contributed by atoms with E-state index in [1.165, 1.54) is 6.07 Å². The van der Waals surface area contributed by atoms with E-state index in [-0.39, 0.29) is 30.2 Å². The smallest absolute Gasteiger partial charge is 0.272 e. The van der Waals surface area contributed by atoms with Gasteiger partial charge in [-0.25, -0.2) is 4.39 Å². The van der Waals surface area contributed by atoms with E-state index in [1.807, 2.05) is 120 Å². The lowest BCUT2D eigenvalue weighted by molar-refractivity contribution is 0.0649. The van der Waals surface area contributed by atoms with Gasteiger partial charge in [0.2, 0.25) is 0 Å². The van der Waals surface area contributed by atoms with Gasteiger partial charge in [0.15, 0.2) is 0 Å². The second-order valence-electron chi connectivity index (χ2n) is 13.3. The predicted molar refractivity (Wildman–Crippen MR) is 198 cm³/mol. The van der Waals surface area contributed by atoms with Gasteiger partial charge in [-0.2, -0.15) is 10.2 Å². The highest BCUT2D eigenvalue weighted by Crippen LogP contribution is 2.24. The second kappa shape index (κ2) is 16.0. The predicted octanol–water partition coefficient (Wildman–Crippen LogP) is 7.24. The molecule has 53 heavy (non-hydrogen) atoms. The molecule has 270 valence electrons. The van der Waals surface area contributed by atoms with E-state index in [4.69, 9.17) is 9.47 Å². The van der Waals surface area contributed by atoms with E-state index in [0.717, 1.165) is 28.3 Å². The minimum absolute atomic E-state index is 0.0189. The second-order valence-corrected chi connectivity index (χ2v) is 13.3. The monoisotopic (exact) mass is 712 g/mol. The first kappa shape index (κ1) is 35.2. The van der Waals surface area contributed by atoms with Gasteiger partial charge in [-0.15, -0.1) is 0 Å². The minimum atomic E-state index is -0.279. The maximum absolute atomic E-state index is 14.1. The lowest BCUT2D eigenvalue weighted by Crippen LogP contribution is -2.41. The molecule has 0 saturated heterocycles. The highest BCUT2D eigenvalue weighted by Gasteiger charge is 2.31. The van der Waals surface area contributed by atoms with Crippen molar-refractivity contribution in [2.75, 3.05) is 13.1 Å². The van der Waals surface area contributed by atoms with Gasteiger partial charge in [0.05, 0.1) is 12.6 Å². The van der Waals surface area contributed by atoms with Crippen molar-refractivity contribution in [3.8, 4) is 11.5 Å². The summed E-state index contributed by atoms with van der Waals surface area (Å²) in [6.45, 7) is 7.18. The largest absolute Gasteiger partial charge is 0.487 e. The number of nitrogens with zero attached hydrogens (tertiary/aromatic N) is 6. The SMILES string of the molecule is CC1CN(Cc2ccccc2)C(=O)c2cc(COc3ccccc3)nn21.Cc1ccc(CN2CCn3nc(COc4ccccc4)cc3C2=O)c(F)c1. The summed E-state index contributed by atoms with van der Waals surface area (Å²) in [5.41, 5.74) is 5.13. The number of hydrogen-bond acceptors (Lipinski definition) is 6. The zero-order valence-electron chi connectivity index (χ0n) is 29.8. The van der Waals surface area contributed by atoms with E-state index in [2.05, 4.69) is 17.1 Å². The van der Waals surface area contributed by atoms with Crippen LogP contribution in [-0.4, -0.2) is 54.3 Å². The average molecular weight is 713 g/mol. The van der Waals surface area contributed by atoms with E-state index >= 15 is 0 Å². The Labute approximate surface area is 308 Å². The average Bonchev–Trinajstić information content (AvgIpc) is 3.81. The van der Waals surface area contributed by atoms with Gasteiger partial charge in [0.1, 0.15) is 53.3 Å². The lowest BCUT2D eigenvalue weighted by Gasteiger charge is -2.31. The summed E-state index contributed by atoms with van der Waals surface area (Å²) < 4.78 is 29.1. The fourth-order valence-corrected chi connectivity index (χ4v) is 6.44. The highest BCUT2D eigenvalue weighted by molar-refractivity contribution is 5.94. The normalized spacial score (nSPS) is 15.0. The molecule has 0 saturated carbocycles. The van der Waals surface area contributed by atoms with Crippen molar-refractivity contribution in [3.63, 3.8) is 0 Å².